The molecule has 8 heteroatoms. The van der Waals surface area contributed by atoms with Gasteiger partial charge in [0.15, 0.2) is 0 Å². The maximum Gasteiger partial charge on any atom is 0.242 e. The molecule has 0 aliphatic heterocycles. The Bertz CT molecular complexity index is 551. The third-order valence-electron chi connectivity index (χ3n) is 2.55. The molecule has 0 aromatic heterocycles. The Kier molecular flexibility index (Phi) is 7.64. The second kappa shape index (κ2) is 8.46. The van der Waals surface area contributed by atoms with Crippen LogP contribution in [0, 0.1) is 0 Å². The monoisotopic (exact) mass is 356 g/mol. The predicted molar refractivity (Wildman–Crippen MR) is 87.4 cm³/mol. The molecule has 0 unspecified atom stereocenters. The minimum atomic E-state index is -3.64. The van der Waals surface area contributed by atoms with E-state index in [0.29, 0.717) is 23.7 Å². The average Bonchev–Trinajstić information content (AvgIpc) is 2.39. The lowest BCUT2D eigenvalue weighted by atomic mass is 10.2. The highest BCUT2D eigenvalue weighted by Gasteiger charge is 2.20. The number of hydrogen-bond donors (Lipinski definition) is 2. The molecule has 0 atom stereocenters. The van der Waals surface area contributed by atoms with Crippen LogP contribution in [0.4, 0.5) is 0 Å². The van der Waals surface area contributed by atoms with Crippen molar-refractivity contribution in [2.24, 2.45) is 0 Å². The first-order valence-electron chi connectivity index (χ1n) is 6.03. The van der Waals surface area contributed by atoms with Gasteiger partial charge in [0.25, 0.3) is 0 Å². The summed E-state index contributed by atoms with van der Waals surface area (Å²) in [6.45, 7) is 0.835. The van der Waals surface area contributed by atoms with E-state index in [1.165, 1.54) is 6.07 Å². The van der Waals surface area contributed by atoms with Gasteiger partial charge in [0.2, 0.25) is 10.0 Å². The van der Waals surface area contributed by atoms with Crippen LogP contribution in [0.2, 0.25) is 10.0 Å². The van der Waals surface area contributed by atoms with Crippen molar-refractivity contribution in [3.05, 3.63) is 27.7 Å². The Balaban J connectivity index is 2.99. The van der Waals surface area contributed by atoms with E-state index in [-0.39, 0.29) is 9.92 Å². The van der Waals surface area contributed by atoms with Crippen LogP contribution in [0.25, 0.3) is 0 Å². The Morgan fingerprint density at radius 2 is 2.00 bits per heavy atom. The molecule has 114 valence electrons. The number of benzene rings is 1. The maximum atomic E-state index is 12.2. The zero-order chi connectivity index (χ0) is 15.2. The van der Waals surface area contributed by atoms with Gasteiger partial charge in [-0.25, -0.2) is 13.1 Å². The van der Waals surface area contributed by atoms with Crippen molar-refractivity contribution in [2.75, 3.05) is 25.6 Å². The lowest BCUT2D eigenvalue weighted by Gasteiger charge is -2.12. The molecule has 20 heavy (non-hydrogen) atoms. The van der Waals surface area contributed by atoms with Crippen molar-refractivity contribution in [1.82, 2.24) is 10.0 Å². The van der Waals surface area contributed by atoms with Gasteiger partial charge in [-0.15, -0.1) is 0 Å². The van der Waals surface area contributed by atoms with Crippen LogP contribution in [0.1, 0.15) is 12.0 Å². The fraction of sp³-hybridized carbons (Fsp3) is 0.500. The zero-order valence-corrected chi connectivity index (χ0v) is 14.5. The summed E-state index contributed by atoms with van der Waals surface area (Å²) in [5, 5.41) is 3.49. The SMILES string of the molecule is CNCc1cc(Cl)cc(S(=O)(=O)NCCCSC)c1Cl. The van der Waals surface area contributed by atoms with Gasteiger partial charge in [-0.1, -0.05) is 23.2 Å². The molecule has 0 aliphatic carbocycles. The van der Waals surface area contributed by atoms with E-state index in [9.17, 15) is 8.42 Å². The van der Waals surface area contributed by atoms with Crippen molar-refractivity contribution in [3.63, 3.8) is 0 Å². The van der Waals surface area contributed by atoms with E-state index >= 15 is 0 Å². The van der Waals surface area contributed by atoms with Crippen LogP contribution < -0.4 is 10.0 Å². The third-order valence-corrected chi connectivity index (χ3v) is 5.51. The standard InChI is InChI=1S/C12H18Cl2N2O2S2/c1-15-8-9-6-10(13)7-11(12(9)14)20(17,18)16-4-3-5-19-2/h6-7,15-16H,3-5,8H2,1-2H3. The van der Waals surface area contributed by atoms with Gasteiger partial charge >= 0.3 is 0 Å². The lowest BCUT2D eigenvalue weighted by molar-refractivity contribution is 0.581. The minimum Gasteiger partial charge on any atom is -0.316 e. The van der Waals surface area contributed by atoms with E-state index in [4.69, 9.17) is 23.2 Å². The van der Waals surface area contributed by atoms with Crippen molar-refractivity contribution in [2.45, 2.75) is 17.9 Å². The largest absolute Gasteiger partial charge is 0.316 e. The highest BCUT2D eigenvalue weighted by atomic mass is 35.5. The van der Waals surface area contributed by atoms with Gasteiger partial charge in [-0.2, -0.15) is 11.8 Å². The molecule has 1 rings (SSSR count). The average molecular weight is 357 g/mol. The summed E-state index contributed by atoms with van der Waals surface area (Å²) in [4.78, 5) is 0.0288. The molecule has 2 N–H and O–H groups in total. The highest BCUT2D eigenvalue weighted by Crippen LogP contribution is 2.29. The number of rotatable bonds is 8. The summed E-state index contributed by atoms with van der Waals surface area (Å²) < 4.78 is 27.0. The molecule has 0 amide bonds. The summed E-state index contributed by atoms with van der Waals surface area (Å²) >= 11 is 13.8. The van der Waals surface area contributed by atoms with Gasteiger partial charge in [-0.3, -0.25) is 0 Å². The van der Waals surface area contributed by atoms with Crippen molar-refractivity contribution in [3.8, 4) is 0 Å². The van der Waals surface area contributed by atoms with Crippen molar-refractivity contribution < 1.29 is 8.42 Å². The number of halogens is 2. The highest BCUT2D eigenvalue weighted by molar-refractivity contribution is 7.98. The van der Waals surface area contributed by atoms with Crippen LogP contribution in [-0.2, 0) is 16.6 Å². The molecule has 4 nitrogen and oxygen atoms in total. The minimum absolute atomic E-state index is 0.0288. The molecule has 0 heterocycles. The molecule has 0 bridgehead atoms. The molecule has 0 fully saturated rings. The van der Waals surface area contributed by atoms with Gasteiger partial charge in [-0.05, 0) is 43.2 Å². The van der Waals surface area contributed by atoms with Gasteiger partial charge in [0.05, 0.1) is 5.02 Å². The molecule has 0 saturated heterocycles. The lowest BCUT2D eigenvalue weighted by Crippen LogP contribution is -2.26. The zero-order valence-electron chi connectivity index (χ0n) is 11.4. The smallest absolute Gasteiger partial charge is 0.242 e. The molecular formula is C12H18Cl2N2O2S2. The fourth-order valence-electron chi connectivity index (χ4n) is 1.63. The van der Waals surface area contributed by atoms with Crippen molar-refractivity contribution in [1.29, 1.82) is 0 Å². The Morgan fingerprint density at radius 1 is 1.30 bits per heavy atom. The van der Waals surface area contributed by atoms with Gasteiger partial charge in [0, 0.05) is 18.1 Å². The van der Waals surface area contributed by atoms with E-state index < -0.39 is 10.0 Å². The van der Waals surface area contributed by atoms with Crippen LogP contribution in [-0.4, -0.2) is 34.0 Å². The van der Waals surface area contributed by atoms with E-state index in [2.05, 4.69) is 10.0 Å². The van der Waals surface area contributed by atoms with E-state index in [1.807, 2.05) is 6.26 Å². The summed E-state index contributed by atoms with van der Waals surface area (Å²) in [7, 11) is -1.88. The Labute approximate surface area is 134 Å². The molecule has 0 saturated carbocycles. The summed E-state index contributed by atoms with van der Waals surface area (Å²) in [5.41, 5.74) is 0.658. The number of sulfonamides is 1. The molecule has 0 spiro atoms. The Hall–Kier alpha value is 0.0200. The van der Waals surface area contributed by atoms with Crippen LogP contribution >= 0.6 is 35.0 Å². The van der Waals surface area contributed by atoms with Crippen LogP contribution in [0.15, 0.2) is 17.0 Å². The Morgan fingerprint density at radius 3 is 2.60 bits per heavy atom. The summed E-state index contributed by atoms with van der Waals surface area (Å²) in [5.74, 6) is 0.900. The molecular weight excluding hydrogens is 339 g/mol. The molecule has 0 radical (unpaired) electrons. The van der Waals surface area contributed by atoms with Gasteiger partial charge < -0.3 is 5.32 Å². The fourth-order valence-corrected chi connectivity index (χ4v) is 4.07. The predicted octanol–water partition coefficient (Wildman–Crippen LogP) is 2.74. The number of nitrogens with one attached hydrogen (secondary N) is 2. The van der Waals surface area contributed by atoms with E-state index in [1.54, 1.807) is 24.9 Å². The number of hydrogen-bond acceptors (Lipinski definition) is 4. The maximum absolute atomic E-state index is 12.2. The van der Waals surface area contributed by atoms with Gasteiger partial charge in [0.1, 0.15) is 4.90 Å². The third kappa shape index (κ3) is 5.09. The van der Waals surface area contributed by atoms with Crippen molar-refractivity contribution >= 4 is 45.0 Å². The number of thioether (sulfide) groups is 1. The quantitative estimate of drug-likeness (QED) is 0.703. The first-order chi connectivity index (χ1) is 9.42. The molecule has 1 aromatic rings. The summed E-state index contributed by atoms with van der Waals surface area (Å²) in [6, 6.07) is 3.03. The molecule has 0 aliphatic rings. The first-order valence-corrected chi connectivity index (χ1v) is 9.66. The topological polar surface area (TPSA) is 58.2 Å². The summed E-state index contributed by atoms with van der Waals surface area (Å²) in [6.07, 6.45) is 2.74. The first kappa shape index (κ1) is 18.1. The molecule has 1 aromatic carbocycles. The van der Waals surface area contributed by atoms with Crippen LogP contribution in [0.3, 0.4) is 0 Å². The second-order valence-electron chi connectivity index (χ2n) is 4.15. The van der Waals surface area contributed by atoms with Crippen LogP contribution in [0.5, 0.6) is 0 Å². The second-order valence-corrected chi connectivity index (χ2v) is 7.69. The van der Waals surface area contributed by atoms with E-state index in [0.717, 1.165) is 12.2 Å². The normalized spacial score (nSPS) is 11.8.